The van der Waals surface area contributed by atoms with Crippen molar-refractivity contribution in [2.45, 2.75) is 25.9 Å². The number of nitriles is 1. The molecule has 142 valence electrons. The van der Waals surface area contributed by atoms with Gasteiger partial charge in [-0.2, -0.15) is 10.2 Å². The van der Waals surface area contributed by atoms with Crippen molar-refractivity contribution in [3.8, 4) is 17.7 Å². The molecular weight excluding hydrogens is 361 g/mol. The number of imidazole rings is 1. The highest BCUT2D eigenvalue weighted by Gasteiger charge is 2.44. The molecule has 28 heavy (non-hydrogen) atoms. The summed E-state index contributed by atoms with van der Waals surface area (Å²) in [6.45, 7) is 1.97. The van der Waals surface area contributed by atoms with Crippen LogP contribution in [0.1, 0.15) is 24.5 Å². The highest BCUT2D eigenvalue weighted by molar-refractivity contribution is 6.00. The van der Waals surface area contributed by atoms with E-state index in [0.717, 1.165) is 11.1 Å². The van der Waals surface area contributed by atoms with Crippen LogP contribution in [0.2, 0.25) is 0 Å². The molecule has 1 fully saturated rings. The van der Waals surface area contributed by atoms with Crippen LogP contribution in [-0.4, -0.2) is 26.6 Å². The summed E-state index contributed by atoms with van der Waals surface area (Å²) in [4.78, 5) is 20.8. The van der Waals surface area contributed by atoms with Gasteiger partial charge < -0.3 is 14.6 Å². The van der Waals surface area contributed by atoms with E-state index in [0.29, 0.717) is 23.3 Å². The number of amides is 1. The Bertz CT molecular complexity index is 1120. The molecular formula is C20H18FN5O2. The molecule has 2 heterocycles. The van der Waals surface area contributed by atoms with Crippen LogP contribution in [0.5, 0.6) is 11.6 Å². The average Bonchev–Trinajstić information content (AvgIpc) is 3.32. The largest absolute Gasteiger partial charge is 0.439 e. The number of carbonyl (C=O) groups excluding carboxylic acids is 1. The number of aromatic nitrogens is 3. The van der Waals surface area contributed by atoms with Crippen LogP contribution in [0, 0.1) is 17.2 Å². The van der Waals surface area contributed by atoms with Crippen molar-refractivity contribution in [2.75, 3.05) is 5.32 Å². The molecule has 1 aromatic carbocycles. The minimum absolute atomic E-state index is 0.235. The molecule has 1 aliphatic rings. The van der Waals surface area contributed by atoms with Crippen molar-refractivity contribution in [1.29, 1.82) is 5.26 Å². The first-order valence-electron chi connectivity index (χ1n) is 8.98. The van der Waals surface area contributed by atoms with Crippen LogP contribution in [0.4, 0.5) is 10.2 Å². The van der Waals surface area contributed by atoms with Gasteiger partial charge in [-0.1, -0.05) is 6.92 Å². The maximum atomic E-state index is 13.2. The number of benzene rings is 1. The molecule has 0 unspecified atom stereocenters. The van der Waals surface area contributed by atoms with Crippen LogP contribution < -0.4 is 10.1 Å². The predicted octanol–water partition coefficient (Wildman–Crippen LogP) is 3.49. The van der Waals surface area contributed by atoms with Crippen molar-refractivity contribution < 1.29 is 13.9 Å². The van der Waals surface area contributed by atoms with E-state index in [1.807, 2.05) is 14.0 Å². The fraction of sp³-hybridized carbons (Fsp3) is 0.300. The maximum absolute atomic E-state index is 13.2. The van der Waals surface area contributed by atoms with E-state index in [4.69, 9.17) is 10.00 Å². The Kier molecular flexibility index (Phi) is 4.43. The summed E-state index contributed by atoms with van der Waals surface area (Å²) in [6.07, 6.45) is 1.44. The molecule has 1 amide bonds. The number of hydrogen-bond donors (Lipinski definition) is 1. The second kappa shape index (κ2) is 6.93. The van der Waals surface area contributed by atoms with Crippen LogP contribution >= 0.6 is 0 Å². The van der Waals surface area contributed by atoms with E-state index < -0.39 is 18.0 Å². The van der Waals surface area contributed by atoms with Gasteiger partial charge in [-0.3, -0.25) is 4.79 Å². The van der Waals surface area contributed by atoms with Crippen molar-refractivity contribution in [2.24, 2.45) is 13.0 Å². The second-order valence-electron chi connectivity index (χ2n) is 6.77. The summed E-state index contributed by atoms with van der Waals surface area (Å²) in [7, 11) is 1.82. The topological polar surface area (TPSA) is 92.8 Å². The molecule has 0 aliphatic heterocycles. The summed E-state index contributed by atoms with van der Waals surface area (Å²) in [6, 6.07) is 9.01. The normalized spacial score (nSPS) is 17.9. The van der Waals surface area contributed by atoms with E-state index >= 15 is 0 Å². The van der Waals surface area contributed by atoms with Gasteiger partial charge in [0.2, 0.25) is 11.8 Å². The number of fused-ring (bicyclic) bond motifs is 1. The fourth-order valence-electron chi connectivity index (χ4n) is 3.03. The van der Waals surface area contributed by atoms with Gasteiger partial charge >= 0.3 is 0 Å². The lowest BCUT2D eigenvalue weighted by atomic mass is 10.1. The first-order chi connectivity index (χ1) is 13.5. The third-order valence-corrected chi connectivity index (χ3v) is 4.77. The molecule has 2 atom stereocenters. The Labute approximate surface area is 160 Å². The molecule has 4 rings (SSSR count). The van der Waals surface area contributed by atoms with Crippen molar-refractivity contribution in [3.63, 3.8) is 0 Å². The molecule has 1 saturated carbocycles. The number of halogens is 1. The number of carbonyl (C=O) groups is 1. The van der Waals surface area contributed by atoms with Crippen LogP contribution in [0.25, 0.3) is 11.0 Å². The van der Waals surface area contributed by atoms with Gasteiger partial charge in [-0.25, -0.2) is 9.37 Å². The molecule has 8 heteroatoms. The Balaban J connectivity index is 1.70. The molecule has 7 nitrogen and oxygen atoms in total. The standard InChI is InChI=1S/C20H18FN5O2/c1-3-12-6-11(9-22)4-5-16(12)28-17-8-15-18(23-10-26(15)2)19(24-17)25-20(27)13-7-14(13)21/h4-6,8,10,13-14H,3,7H2,1-2H3,(H,24,25,27)/t13-,14+/m0/s1. The number of pyridine rings is 1. The van der Waals surface area contributed by atoms with Gasteiger partial charge in [-0.05, 0) is 36.6 Å². The number of ether oxygens (including phenoxy) is 1. The molecule has 0 spiro atoms. The summed E-state index contributed by atoms with van der Waals surface area (Å²) >= 11 is 0. The molecule has 0 saturated heterocycles. The van der Waals surface area contributed by atoms with Crippen molar-refractivity contribution >= 4 is 22.8 Å². The summed E-state index contributed by atoms with van der Waals surface area (Å²) < 4.78 is 21.0. The highest BCUT2D eigenvalue weighted by Crippen LogP contribution is 2.36. The summed E-state index contributed by atoms with van der Waals surface area (Å²) in [5, 5.41) is 11.7. The van der Waals surface area contributed by atoms with E-state index in [-0.39, 0.29) is 18.1 Å². The van der Waals surface area contributed by atoms with Gasteiger partial charge in [-0.15, -0.1) is 0 Å². The molecule has 2 aromatic heterocycles. The number of nitrogens with zero attached hydrogens (tertiary/aromatic N) is 4. The zero-order valence-electron chi connectivity index (χ0n) is 15.4. The van der Waals surface area contributed by atoms with E-state index in [1.54, 1.807) is 35.2 Å². The van der Waals surface area contributed by atoms with Gasteiger partial charge in [0.1, 0.15) is 17.4 Å². The zero-order valence-corrected chi connectivity index (χ0v) is 15.4. The Morgan fingerprint density at radius 2 is 2.25 bits per heavy atom. The number of alkyl halides is 1. The fourth-order valence-corrected chi connectivity index (χ4v) is 3.03. The summed E-state index contributed by atoms with van der Waals surface area (Å²) in [5.74, 6) is 0.0631. The monoisotopic (exact) mass is 379 g/mol. The molecule has 1 aliphatic carbocycles. The van der Waals surface area contributed by atoms with Crippen LogP contribution in [0.3, 0.4) is 0 Å². The summed E-state index contributed by atoms with van der Waals surface area (Å²) in [5.41, 5.74) is 2.65. The van der Waals surface area contributed by atoms with Crippen molar-refractivity contribution in [3.05, 3.63) is 41.7 Å². The number of hydrogen-bond acceptors (Lipinski definition) is 5. The van der Waals surface area contributed by atoms with Gasteiger partial charge in [0.25, 0.3) is 0 Å². The first kappa shape index (κ1) is 17.9. The quantitative estimate of drug-likeness (QED) is 0.732. The van der Waals surface area contributed by atoms with Crippen LogP contribution in [-0.2, 0) is 18.3 Å². The molecule has 0 bridgehead atoms. The number of nitrogens with one attached hydrogen (secondary N) is 1. The Morgan fingerprint density at radius 3 is 2.93 bits per heavy atom. The average molecular weight is 379 g/mol. The SMILES string of the molecule is CCc1cc(C#N)ccc1Oc1cc2c(ncn2C)c(NC(=O)[C@H]2C[C@H]2F)n1. The van der Waals surface area contributed by atoms with E-state index in [1.165, 1.54) is 0 Å². The van der Waals surface area contributed by atoms with Crippen molar-refractivity contribution in [1.82, 2.24) is 14.5 Å². The Morgan fingerprint density at radius 1 is 1.46 bits per heavy atom. The minimum atomic E-state index is -1.09. The molecule has 0 radical (unpaired) electrons. The van der Waals surface area contributed by atoms with E-state index in [9.17, 15) is 9.18 Å². The number of rotatable bonds is 5. The highest BCUT2D eigenvalue weighted by atomic mass is 19.1. The van der Waals surface area contributed by atoms with Gasteiger partial charge in [0, 0.05) is 13.1 Å². The zero-order chi connectivity index (χ0) is 19.8. The Hall–Kier alpha value is -3.47. The van der Waals surface area contributed by atoms with Gasteiger partial charge in [0.15, 0.2) is 5.82 Å². The lowest BCUT2D eigenvalue weighted by Crippen LogP contribution is -2.16. The predicted molar refractivity (Wildman–Crippen MR) is 101 cm³/mol. The van der Waals surface area contributed by atoms with Crippen LogP contribution in [0.15, 0.2) is 30.6 Å². The third kappa shape index (κ3) is 3.27. The third-order valence-electron chi connectivity index (χ3n) is 4.77. The number of aryl methyl sites for hydroxylation is 2. The van der Waals surface area contributed by atoms with Gasteiger partial charge in [0.05, 0.1) is 29.4 Å². The van der Waals surface area contributed by atoms with E-state index in [2.05, 4.69) is 21.4 Å². The lowest BCUT2D eigenvalue weighted by molar-refractivity contribution is -0.117. The smallest absolute Gasteiger partial charge is 0.231 e. The maximum Gasteiger partial charge on any atom is 0.231 e. The first-order valence-corrected chi connectivity index (χ1v) is 8.98. The second-order valence-corrected chi connectivity index (χ2v) is 6.77. The molecule has 1 N–H and O–H groups in total. The minimum Gasteiger partial charge on any atom is -0.439 e. The lowest BCUT2D eigenvalue weighted by Gasteiger charge is -2.12. The molecule has 3 aromatic rings. The number of anilines is 1.